The molecule has 9 heteroatoms. The lowest BCUT2D eigenvalue weighted by atomic mass is 9.94. The van der Waals surface area contributed by atoms with Gasteiger partial charge in [-0.15, -0.1) is 0 Å². The van der Waals surface area contributed by atoms with E-state index in [0.29, 0.717) is 30.9 Å². The summed E-state index contributed by atoms with van der Waals surface area (Å²) in [7, 11) is 1.55. The summed E-state index contributed by atoms with van der Waals surface area (Å²) in [4.78, 5) is 13.8. The molecule has 0 aliphatic carbocycles. The zero-order chi connectivity index (χ0) is 18.9. The van der Waals surface area contributed by atoms with Gasteiger partial charge in [0, 0.05) is 13.5 Å². The van der Waals surface area contributed by atoms with Gasteiger partial charge in [-0.2, -0.15) is 13.2 Å². The number of anilines is 1. The Kier molecular flexibility index (Phi) is 5.29. The van der Waals surface area contributed by atoms with Crippen molar-refractivity contribution in [1.82, 2.24) is 0 Å². The Morgan fingerprint density at radius 3 is 2.88 bits per heavy atom. The Morgan fingerprint density at radius 1 is 1.42 bits per heavy atom. The van der Waals surface area contributed by atoms with Crippen molar-refractivity contribution in [2.75, 3.05) is 25.2 Å². The predicted molar refractivity (Wildman–Crippen MR) is 85.3 cm³/mol. The zero-order valence-corrected chi connectivity index (χ0v) is 14.2. The van der Waals surface area contributed by atoms with Crippen molar-refractivity contribution >= 4 is 11.8 Å². The third-order valence-electron chi connectivity index (χ3n) is 4.60. The molecular weight excluding hydrogens is 355 g/mol. The van der Waals surface area contributed by atoms with E-state index in [1.165, 1.54) is 0 Å². The molecular formula is C17H20F3NO5. The minimum absolute atomic E-state index is 0.0938. The van der Waals surface area contributed by atoms with Crippen molar-refractivity contribution < 1.29 is 37.3 Å². The number of alkyl halides is 3. The van der Waals surface area contributed by atoms with Gasteiger partial charge in [0.2, 0.25) is 0 Å². The van der Waals surface area contributed by atoms with Crippen molar-refractivity contribution in [1.29, 1.82) is 0 Å². The molecule has 1 aromatic rings. The monoisotopic (exact) mass is 375 g/mol. The van der Waals surface area contributed by atoms with Gasteiger partial charge in [0.1, 0.15) is 11.9 Å². The molecule has 3 atom stereocenters. The van der Waals surface area contributed by atoms with Gasteiger partial charge in [-0.3, -0.25) is 4.90 Å². The van der Waals surface area contributed by atoms with Crippen LogP contribution in [-0.4, -0.2) is 55.9 Å². The number of hydrogen-bond acceptors (Lipinski definition) is 5. The molecule has 2 aliphatic heterocycles. The summed E-state index contributed by atoms with van der Waals surface area (Å²) in [5, 5.41) is 8.98. The number of amides is 1. The number of aliphatic hydroxyl groups is 1. The van der Waals surface area contributed by atoms with Crippen LogP contribution in [0.2, 0.25) is 0 Å². The summed E-state index contributed by atoms with van der Waals surface area (Å²) in [5.74, 6) is 0.401. The normalized spacial score (nSPS) is 23.3. The maximum absolute atomic E-state index is 12.3. The highest BCUT2D eigenvalue weighted by Crippen LogP contribution is 2.38. The number of nitrogens with zero attached hydrogens (tertiary/aromatic N) is 1. The number of rotatable bonds is 6. The van der Waals surface area contributed by atoms with E-state index in [2.05, 4.69) is 0 Å². The molecule has 144 valence electrons. The molecule has 1 N–H and O–H groups in total. The highest BCUT2D eigenvalue weighted by atomic mass is 19.4. The molecule has 2 heterocycles. The largest absolute Gasteiger partial charge is 0.493 e. The molecule has 1 saturated heterocycles. The lowest BCUT2D eigenvalue weighted by Gasteiger charge is -2.31. The van der Waals surface area contributed by atoms with Gasteiger partial charge in [0.25, 0.3) is 0 Å². The maximum atomic E-state index is 12.3. The van der Waals surface area contributed by atoms with Crippen molar-refractivity contribution in [3.63, 3.8) is 0 Å². The number of aliphatic hydroxyl groups excluding tert-OH is 1. The van der Waals surface area contributed by atoms with Crippen LogP contribution in [0.15, 0.2) is 18.2 Å². The van der Waals surface area contributed by atoms with Gasteiger partial charge in [-0.05, 0) is 36.6 Å². The van der Waals surface area contributed by atoms with E-state index < -0.39 is 24.8 Å². The van der Waals surface area contributed by atoms with E-state index in [1.807, 2.05) is 0 Å². The number of aryl methyl sites for hydroxylation is 1. The van der Waals surface area contributed by atoms with Crippen LogP contribution in [0.1, 0.15) is 18.4 Å². The Labute approximate surface area is 148 Å². The molecule has 1 unspecified atom stereocenters. The van der Waals surface area contributed by atoms with Crippen molar-refractivity contribution in [2.24, 2.45) is 0 Å². The van der Waals surface area contributed by atoms with E-state index in [1.54, 1.807) is 30.2 Å². The molecule has 0 aromatic heterocycles. The standard InChI is InChI=1S/C17H20F3NO5/c1-24-9-14-13-4-2-10-8-11(25-7-6-15(22)17(18,19)20)3-5-12(10)21(13)16(23)26-14/h3,5,8,13-15,22H,2,4,6-7,9H2,1H3/t13-,14-,15?/m1/s1. The summed E-state index contributed by atoms with van der Waals surface area (Å²) in [5.41, 5.74) is 1.58. The number of halogens is 3. The number of benzene rings is 1. The highest BCUT2D eigenvalue weighted by molar-refractivity contribution is 5.92. The van der Waals surface area contributed by atoms with Gasteiger partial charge in [0.15, 0.2) is 6.10 Å². The third kappa shape index (κ3) is 3.73. The van der Waals surface area contributed by atoms with E-state index >= 15 is 0 Å². The Balaban J connectivity index is 1.66. The third-order valence-corrected chi connectivity index (χ3v) is 4.60. The molecule has 6 nitrogen and oxygen atoms in total. The highest BCUT2D eigenvalue weighted by Gasteiger charge is 2.45. The number of cyclic esters (lactones) is 1. The zero-order valence-electron chi connectivity index (χ0n) is 14.2. The fourth-order valence-electron chi connectivity index (χ4n) is 3.31. The Hall–Kier alpha value is -2.00. The molecule has 0 radical (unpaired) electrons. The maximum Gasteiger partial charge on any atom is 0.415 e. The number of carbonyl (C=O) groups is 1. The number of fused-ring (bicyclic) bond motifs is 3. The first-order valence-corrected chi connectivity index (χ1v) is 8.30. The number of ether oxygens (including phenoxy) is 3. The average Bonchev–Trinajstić information content (AvgIpc) is 2.90. The quantitative estimate of drug-likeness (QED) is 0.828. The summed E-state index contributed by atoms with van der Waals surface area (Å²) < 4.78 is 52.6. The summed E-state index contributed by atoms with van der Waals surface area (Å²) in [6.07, 6.45) is -6.96. The average molecular weight is 375 g/mol. The Morgan fingerprint density at radius 2 is 2.19 bits per heavy atom. The van der Waals surface area contributed by atoms with Crippen molar-refractivity contribution in [3.05, 3.63) is 23.8 Å². The van der Waals surface area contributed by atoms with Crippen molar-refractivity contribution in [2.45, 2.75) is 43.7 Å². The first-order valence-electron chi connectivity index (χ1n) is 8.30. The first-order chi connectivity index (χ1) is 12.3. The van der Waals surface area contributed by atoms with Crippen LogP contribution in [0, 0.1) is 0 Å². The fourth-order valence-corrected chi connectivity index (χ4v) is 3.31. The summed E-state index contributed by atoms with van der Waals surface area (Å²) in [6.45, 7) is 0.0642. The van der Waals surface area contributed by atoms with E-state index in [0.717, 1.165) is 5.56 Å². The van der Waals surface area contributed by atoms with E-state index in [4.69, 9.17) is 19.3 Å². The molecule has 0 spiro atoms. The molecule has 0 saturated carbocycles. The van der Waals surface area contributed by atoms with Gasteiger partial charge < -0.3 is 19.3 Å². The second kappa shape index (κ2) is 7.32. The van der Waals surface area contributed by atoms with Crippen LogP contribution in [0.4, 0.5) is 23.7 Å². The molecule has 26 heavy (non-hydrogen) atoms. The molecule has 1 aromatic carbocycles. The fraction of sp³-hybridized carbons (Fsp3) is 0.588. The van der Waals surface area contributed by atoms with Gasteiger partial charge in [0.05, 0.1) is 24.9 Å². The number of hydrogen-bond donors (Lipinski definition) is 1. The minimum atomic E-state index is -4.65. The lowest BCUT2D eigenvalue weighted by Crippen LogP contribution is -2.41. The van der Waals surface area contributed by atoms with Gasteiger partial charge >= 0.3 is 12.3 Å². The van der Waals surface area contributed by atoms with Gasteiger partial charge in [-0.1, -0.05) is 0 Å². The summed E-state index contributed by atoms with van der Waals surface area (Å²) in [6, 6.07) is 4.91. The van der Waals surface area contributed by atoms with Crippen LogP contribution in [0.25, 0.3) is 0 Å². The Bertz CT molecular complexity index is 666. The van der Waals surface area contributed by atoms with Crippen LogP contribution < -0.4 is 9.64 Å². The molecule has 2 aliphatic rings. The SMILES string of the molecule is COC[C@H]1OC(=O)N2c3ccc(OCCC(O)C(F)(F)F)cc3CC[C@H]12. The second-order valence-electron chi connectivity index (χ2n) is 6.34. The van der Waals surface area contributed by atoms with Crippen LogP contribution in [0.3, 0.4) is 0 Å². The number of methoxy groups -OCH3 is 1. The lowest BCUT2D eigenvalue weighted by molar-refractivity contribution is -0.206. The summed E-state index contributed by atoms with van der Waals surface area (Å²) >= 11 is 0. The topological polar surface area (TPSA) is 68.2 Å². The van der Waals surface area contributed by atoms with Crippen LogP contribution in [-0.2, 0) is 15.9 Å². The molecule has 0 bridgehead atoms. The second-order valence-corrected chi connectivity index (χ2v) is 6.34. The predicted octanol–water partition coefficient (Wildman–Crippen LogP) is 2.67. The smallest absolute Gasteiger partial charge is 0.415 e. The molecule has 1 amide bonds. The first kappa shape index (κ1) is 18.8. The molecule has 3 rings (SSSR count). The van der Waals surface area contributed by atoms with Crippen LogP contribution >= 0.6 is 0 Å². The number of carbonyl (C=O) groups excluding carboxylic acids is 1. The van der Waals surface area contributed by atoms with Crippen molar-refractivity contribution in [3.8, 4) is 5.75 Å². The minimum Gasteiger partial charge on any atom is -0.493 e. The van der Waals surface area contributed by atoms with E-state index in [-0.39, 0.29) is 18.8 Å². The van der Waals surface area contributed by atoms with E-state index in [9.17, 15) is 18.0 Å². The van der Waals surface area contributed by atoms with Gasteiger partial charge in [-0.25, -0.2) is 4.79 Å². The molecule has 1 fully saturated rings. The van der Waals surface area contributed by atoms with Crippen LogP contribution in [0.5, 0.6) is 5.75 Å².